The summed E-state index contributed by atoms with van der Waals surface area (Å²) in [6, 6.07) is 5.57. The third-order valence-corrected chi connectivity index (χ3v) is 2.41. The highest BCUT2D eigenvalue weighted by Crippen LogP contribution is 2.17. The first-order valence-electron chi connectivity index (χ1n) is 5.85. The molecule has 1 rings (SSSR count). The molecule has 6 nitrogen and oxygen atoms in total. The summed E-state index contributed by atoms with van der Waals surface area (Å²) < 4.78 is 9.79. The average Bonchev–Trinajstić information content (AvgIpc) is 2.44. The summed E-state index contributed by atoms with van der Waals surface area (Å²) in [4.78, 5) is 23.3. The van der Waals surface area contributed by atoms with E-state index in [1.54, 1.807) is 31.2 Å². The second-order valence-electron chi connectivity index (χ2n) is 3.66. The zero-order valence-corrected chi connectivity index (χ0v) is 10.9. The molecular weight excluding hydrogens is 250 g/mol. The summed E-state index contributed by atoms with van der Waals surface area (Å²) in [7, 11) is 1.19. The molecule has 0 aliphatic rings. The van der Waals surface area contributed by atoms with Crippen molar-refractivity contribution in [1.29, 1.82) is 0 Å². The van der Waals surface area contributed by atoms with Crippen molar-refractivity contribution in [3.63, 3.8) is 0 Å². The molecule has 1 atom stereocenters. The summed E-state index contributed by atoms with van der Waals surface area (Å²) in [5.74, 6) is -0.790. The Morgan fingerprint density at radius 1 is 1.37 bits per heavy atom. The van der Waals surface area contributed by atoms with Crippen LogP contribution in [0.5, 0.6) is 5.75 Å². The van der Waals surface area contributed by atoms with Gasteiger partial charge in [-0.2, -0.15) is 0 Å². The first-order valence-corrected chi connectivity index (χ1v) is 5.85. The van der Waals surface area contributed by atoms with Crippen LogP contribution in [0.2, 0.25) is 0 Å². The molecule has 1 amide bonds. The molecule has 0 bridgehead atoms. The van der Waals surface area contributed by atoms with Gasteiger partial charge in [-0.05, 0) is 19.1 Å². The number of amides is 1. The highest BCUT2D eigenvalue weighted by atomic mass is 16.5. The van der Waals surface area contributed by atoms with E-state index in [1.165, 1.54) is 7.11 Å². The number of nitrogens with one attached hydrogen (secondary N) is 1. The van der Waals surface area contributed by atoms with Crippen LogP contribution in [0.3, 0.4) is 0 Å². The van der Waals surface area contributed by atoms with E-state index in [0.29, 0.717) is 17.9 Å². The second-order valence-corrected chi connectivity index (χ2v) is 3.66. The van der Waals surface area contributed by atoms with Crippen molar-refractivity contribution < 1.29 is 24.2 Å². The molecule has 6 heteroatoms. The Hall–Kier alpha value is -2.08. The van der Waals surface area contributed by atoms with E-state index in [-0.39, 0.29) is 0 Å². The van der Waals surface area contributed by atoms with Crippen LogP contribution in [0.4, 0.5) is 0 Å². The molecular formula is C13H17NO5. The van der Waals surface area contributed by atoms with E-state index >= 15 is 0 Å². The minimum Gasteiger partial charge on any atom is -0.493 e. The molecule has 2 N–H and O–H groups in total. The van der Waals surface area contributed by atoms with E-state index < -0.39 is 24.5 Å². The van der Waals surface area contributed by atoms with Gasteiger partial charge in [-0.1, -0.05) is 12.1 Å². The van der Waals surface area contributed by atoms with Crippen LogP contribution < -0.4 is 10.1 Å². The van der Waals surface area contributed by atoms with E-state index in [2.05, 4.69) is 10.1 Å². The van der Waals surface area contributed by atoms with Crippen LogP contribution >= 0.6 is 0 Å². The van der Waals surface area contributed by atoms with Crippen molar-refractivity contribution in [2.24, 2.45) is 0 Å². The number of aliphatic hydroxyl groups excluding tert-OH is 1. The van der Waals surface area contributed by atoms with Crippen molar-refractivity contribution >= 4 is 11.9 Å². The Balaban J connectivity index is 2.85. The Bertz CT molecular complexity index is 446. The summed E-state index contributed by atoms with van der Waals surface area (Å²) in [5.41, 5.74) is 0.298. The van der Waals surface area contributed by atoms with Gasteiger partial charge < -0.3 is 19.9 Å². The van der Waals surface area contributed by atoms with Gasteiger partial charge in [0, 0.05) is 0 Å². The van der Waals surface area contributed by atoms with Gasteiger partial charge in [-0.25, -0.2) is 4.79 Å². The van der Waals surface area contributed by atoms with Crippen LogP contribution in [0.15, 0.2) is 24.3 Å². The Kier molecular flexibility index (Phi) is 5.81. The van der Waals surface area contributed by atoms with Gasteiger partial charge in [0.05, 0.1) is 25.9 Å². The Labute approximate surface area is 111 Å². The minimum atomic E-state index is -1.09. The van der Waals surface area contributed by atoms with Gasteiger partial charge in [-0.15, -0.1) is 0 Å². The van der Waals surface area contributed by atoms with Gasteiger partial charge >= 0.3 is 5.97 Å². The number of aliphatic hydroxyl groups is 1. The lowest BCUT2D eigenvalue weighted by atomic mass is 10.1. The van der Waals surface area contributed by atoms with E-state index in [1.807, 2.05) is 0 Å². The molecule has 0 aromatic heterocycles. The number of esters is 1. The lowest BCUT2D eigenvalue weighted by Crippen LogP contribution is -2.44. The second kappa shape index (κ2) is 7.38. The fourth-order valence-corrected chi connectivity index (χ4v) is 1.49. The molecule has 1 aromatic carbocycles. The van der Waals surface area contributed by atoms with Crippen molar-refractivity contribution in [3.8, 4) is 5.75 Å². The number of benzene rings is 1. The fraction of sp³-hybridized carbons (Fsp3) is 0.385. The highest BCUT2D eigenvalue weighted by molar-refractivity contribution is 5.99. The van der Waals surface area contributed by atoms with Gasteiger partial charge in [-0.3, -0.25) is 4.79 Å². The molecule has 0 saturated carbocycles. The SMILES string of the molecule is CCOc1ccccc1C(=O)NC(CO)C(=O)OC. The maximum absolute atomic E-state index is 12.0. The Morgan fingerprint density at radius 2 is 2.05 bits per heavy atom. The quantitative estimate of drug-likeness (QED) is 0.726. The van der Waals surface area contributed by atoms with Crippen LogP contribution in [0, 0.1) is 0 Å². The van der Waals surface area contributed by atoms with Crippen LogP contribution in [0.1, 0.15) is 17.3 Å². The van der Waals surface area contributed by atoms with Gasteiger partial charge in [0.2, 0.25) is 0 Å². The Morgan fingerprint density at radius 3 is 2.63 bits per heavy atom. The molecule has 0 heterocycles. The van der Waals surface area contributed by atoms with Gasteiger partial charge in [0.1, 0.15) is 5.75 Å². The van der Waals surface area contributed by atoms with Crippen molar-refractivity contribution in [3.05, 3.63) is 29.8 Å². The number of carbonyl (C=O) groups excluding carboxylic acids is 2. The van der Waals surface area contributed by atoms with Crippen LogP contribution in [-0.4, -0.2) is 43.3 Å². The summed E-state index contributed by atoms with van der Waals surface area (Å²) in [6.45, 7) is 1.69. The van der Waals surface area contributed by atoms with Gasteiger partial charge in [0.15, 0.2) is 6.04 Å². The van der Waals surface area contributed by atoms with Crippen molar-refractivity contribution in [1.82, 2.24) is 5.32 Å². The molecule has 0 spiro atoms. The molecule has 0 radical (unpaired) electrons. The predicted molar refractivity (Wildman–Crippen MR) is 68.0 cm³/mol. The predicted octanol–water partition coefficient (Wildman–Crippen LogP) is 0.349. The fourth-order valence-electron chi connectivity index (χ4n) is 1.49. The molecule has 104 valence electrons. The maximum Gasteiger partial charge on any atom is 0.330 e. The number of hydrogen-bond donors (Lipinski definition) is 2. The number of hydrogen-bond acceptors (Lipinski definition) is 5. The van der Waals surface area contributed by atoms with Crippen LogP contribution in [0.25, 0.3) is 0 Å². The molecule has 1 aromatic rings. The van der Waals surface area contributed by atoms with E-state index in [9.17, 15) is 9.59 Å². The molecule has 19 heavy (non-hydrogen) atoms. The summed E-state index contributed by atoms with van der Waals surface area (Å²) >= 11 is 0. The van der Waals surface area contributed by atoms with Crippen LogP contribution in [-0.2, 0) is 9.53 Å². The maximum atomic E-state index is 12.0. The first-order chi connectivity index (χ1) is 9.13. The first kappa shape index (κ1) is 15.0. The number of rotatable bonds is 6. The molecule has 0 aliphatic heterocycles. The smallest absolute Gasteiger partial charge is 0.330 e. The summed E-state index contributed by atoms with van der Waals surface area (Å²) in [5, 5.41) is 11.4. The minimum absolute atomic E-state index is 0.298. The number of ether oxygens (including phenoxy) is 2. The van der Waals surface area contributed by atoms with Gasteiger partial charge in [0.25, 0.3) is 5.91 Å². The zero-order chi connectivity index (χ0) is 14.3. The molecule has 0 fully saturated rings. The summed E-state index contributed by atoms with van der Waals surface area (Å²) in [6.07, 6.45) is 0. The number of carbonyl (C=O) groups is 2. The van der Waals surface area contributed by atoms with E-state index in [4.69, 9.17) is 9.84 Å². The number of methoxy groups -OCH3 is 1. The lowest BCUT2D eigenvalue weighted by molar-refractivity contribution is -0.143. The monoisotopic (exact) mass is 267 g/mol. The molecule has 0 aliphatic carbocycles. The normalized spacial score (nSPS) is 11.5. The zero-order valence-electron chi connectivity index (χ0n) is 10.9. The molecule has 1 unspecified atom stereocenters. The van der Waals surface area contributed by atoms with Crippen molar-refractivity contribution in [2.75, 3.05) is 20.3 Å². The van der Waals surface area contributed by atoms with Crippen molar-refractivity contribution in [2.45, 2.75) is 13.0 Å². The topological polar surface area (TPSA) is 84.9 Å². The third-order valence-electron chi connectivity index (χ3n) is 2.41. The highest BCUT2D eigenvalue weighted by Gasteiger charge is 2.22. The average molecular weight is 267 g/mol. The van der Waals surface area contributed by atoms with E-state index in [0.717, 1.165) is 0 Å². The lowest BCUT2D eigenvalue weighted by Gasteiger charge is -2.15. The number of para-hydroxylation sites is 1. The largest absolute Gasteiger partial charge is 0.493 e. The third kappa shape index (κ3) is 3.96. The molecule has 0 saturated heterocycles. The standard InChI is InChI=1S/C13H17NO5/c1-3-19-11-7-5-4-6-9(11)12(16)14-10(8-15)13(17)18-2/h4-7,10,15H,3,8H2,1-2H3,(H,14,16).